The highest BCUT2D eigenvalue weighted by Crippen LogP contribution is 2.26. The molecule has 2 aromatic carbocycles. The molecule has 0 aromatic heterocycles. The average molecular weight is 425 g/mol. The lowest BCUT2D eigenvalue weighted by atomic mass is 10.2. The first-order valence-electron chi connectivity index (χ1n) is 9.03. The summed E-state index contributed by atoms with van der Waals surface area (Å²) in [5.41, 5.74) is 1.05. The molecule has 1 atom stereocenters. The van der Waals surface area contributed by atoms with Gasteiger partial charge in [-0.1, -0.05) is 19.9 Å². The molecule has 1 amide bonds. The zero-order chi connectivity index (χ0) is 20.9. The van der Waals surface area contributed by atoms with E-state index in [-0.39, 0.29) is 16.6 Å². The third-order valence-electron chi connectivity index (χ3n) is 4.27. The zero-order valence-corrected chi connectivity index (χ0v) is 18.0. The highest BCUT2D eigenvalue weighted by Gasteiger charge is 2.24. The Hall–Kier alpha value is -1.90. The van der Waals surface area contributed by atoms with Crippen LogP contribution in [0.3, 0.4) is 0 Å². The molecule has 2 rings (SSSR count). The minimum atomic E-state index is -3.62. The van der Waals surface area contributed by atoms with Crippen LogP contribution >= 0.6 is 11.8 Å². The number of benzene rings is 2. The Morgan fingerprint density at radius 1 is 1.14 bits per heavy atom. The summed E-state index contributed by atoms with van der Waals surface area (Å²) in [6.07, 6.45) is 0. The van der Waals surface area contributed by atoms with Crippen LogP contribution in [0.2, 0.25) is 0 Å². The van der Waals surface area contributed by atoms with E-state index in [0.29, 0.717) is 24.3 Å². The van der Waals surface area contributed by atoms with E-state index in [1.807, 2.05) is 0 Å². The quantitative estimate of drug-likeness (QED) is 0.642. The van der Waals surface area contributed by atoms with Crippen molar-refractivity contribution in [1.82, 2.24) is 4.31 Å². The van der Waals surface area contributed by atoms with Gasteiger partial charge in [0.05, 0.1) is 10.1 Å². The summed E-state index contributed by atoms with van der Waals surface area (Å²) >= 11 is 1.30. The molecule has 2 aromatic rings. The number of carbonyl (C=O) groups excluding carboxylic acids is 1. The van der Waals surface area contributed by atoms with Crippen LogP contribution in [0.4, 0.5) is 10.1 Å². The van der Waals surface area contributed by atoms with E-state index in [1.165, 1.54) is 34.3 Å². The van der Waals surface area contributed by atoms with Gasteiger partial charge in [0.2, 0.25) is 15.9 Å². The number of nitrogens with zero attached hydrogens (tertiary/aromatic N) is 1. The molecular weight excluding hydrogens is 399 g/mol. The fourth-order valence-electron chi connectivity index (χ4n) is 2.67. The van der Waals surface area contributed by atoms with Crippen molar-refractivity contribution in [2.75, 3.05) is 18.4 Å². The average Bonchev–Trinajstić information content (AvgIpc) is 2.65. The predicted molar refractivity (Wildman–Crippen MR) is 112 cm³/mol. The lowest BCUT2D eigenvalue weighted by Gasteiger charge is -2.20. The zero-order valence-electron chi connectivity index (χ0n) is 16.4. The predicted octanol–water partition coefficient (Wildman–Crippen LogP) is 4.28. The monoisotopic (exact) mass is 424 g/mol. The second-order valence-electron chi connectivity index (χ2n) is 6.27. The summed E-state index contributed by atoms with van der Waals surface area (Å²) in [6, 6.07) is 10.8. The fourth-order valence-corrected chi connectivity index (χ4v) is 5.25. The van der Waals surface area contributed by atoms with Gasteiger partial charge in [0, 0.05) is 23.7 Å². The number of aryl methyl sites for hydroxylation is 1. The van der Waals surface area contributed by atoms with E-state index in [2.05, 4.69) is 5.32 Å². The third-order valence-corrected chi connectivity index (χ3v) is 7.58. The van der Waals surface area contributed by atoms with Gasteiger partial charge in [-0.15, -0.1) is 11.8 Å². The van der Waals surface area contributed by atoms with Crippen LogP contribution in [0.25, 0.3) is 0 Å². The number of anilines is 1. The van der Waals surface area contributed by atoms with E-state index < -0.39 is 15.3 Å². The SMILES string of the molecule is CCN(CC)S(=O)(=O)c1cc(NC(=O)C(C)Sc2ccc(F)cc2)ccc1C. The number of sulfonamides is 1. The fraction of sp³-hybridized carbons (Fsp3) is 0.350. The van der Waals surface area contributed by atoms with Crippen LogP contribution in [0.15, 0.2) is 52.3 Å². The van der Waals surface area contributed by atoms with Gasteiger partial charge >= 0.3 is 0 Å². The van der Waals surface area contributed by atoms with Gasteiger partial charge in [-0.25, -0.2) is 12.8 Å². The largest absolute Gasteiger partial charge is 0.325 e. The van der Waals surface area contributed by atoms with E-state index in [1.54, 1.807) is 52.0 Å². The van der Waals surface area contributed by atoms with Crippen molar-refractivity contribution < 1.29 is 17.6 Å². The van der Waals surface area contributed by atoms with Gasteiger partial charge in [-0.3, -0.25) is 4.79 Å². The molecule has 0 aliphatic rings. The highest BCUT2D eigenvalue weighted by molar-refractivity contribution is 8.00. The second kappa shape index (κ2) is 9.54. The standard InChI is InChI=1S/C20H25FN2O3S2/c1-5-23(6-2)28(25,26)19-13-17(10-7-14(19)3)22-20(24)15(4)27-18-11-8-16(21)9-12-18/h7-13,15H,5-6H2,1-4H3,(H,22,24). The van der Waals surface area contributed by atoms with E-state index in [4.69, 9.17) is 0 Å². The van der Waals surface area contributed by atoms with Crippen molar-refractivity contribution in [3.8, 4) is 0 Å². The molecule has 0 saturated carbocycles. The lowest BCUT2D eigenvalue weighted by Crippen LogP contribution is -2.31. The normalized spacial score (nSPS) is 12.8. The molecule has 0 aliphatic carbocycles. The number of thioether (sulfide) groups is 1. The number of carbonyl (C=O) groups is 1. The molecule has 28 heavy (non-hydrogen) atoms. The molecule has 0 fully saturated rings. The summed E-state index contributed by atoms with van der Waals surface area (Å²) in [4.78, 5) is 13.5. The van der Waals surface area contributed by atoms with Crippen LogP contribution in [0.5, 0.6) is 0 Å². The first-order chi connectivity index (χ1) is 13.2. The molecule has 0 radical (unpaired) electrons. The third kappa shape index (κ3) is 5.33. The summed E-state index contributed by atoms with van der Waals surface area (Å²) < 4.78 is 40.1. The van der Waals surface area contributed by atoms with E-state index in [0.717, 1.165) is 4.90 Å². The molecule has 0 aliphatic heterocycles. The number of halogens is 1. The Morgan fingerprint density at radius 3 is 2.32 bits per heavy atom. The molecule has 0 bridgehead atoms. The van der Waals surface area contributed by atoms with Crippen LogP contribution in [0, 0.1) is 12.7 Å². The van der Waals surface area contributed by atoms with Crippen molar-refractivity contribution in [2.45, 2.75) is 42.7 Å². The number of hydrogen-bond acceptors (Lipinski definition) is 4. The lowest BCUT2D eigenvalue weighted by molar-refractivity contribution is -0.115. The van der Waals surface area contributed by atoms with Gasteiger partial charge in [-0.2, -0.15) is 4.31 Å². The minimum Gasteiger partial charge on any atom is -0.325 e. The van der Waals surface area contributed by atoms with Gasteiger partial charge in [0.25, 0.3) is 0 Å². The molecule has 5 nitrogen and oxygen atoms in total. The van der Waals surface area contributed by atoms with Crippen molar-refractivity contribution in [2.24, 2.45) is 0 Å². The summed E-state index contributed by atoms with van der Waals surface area (Å²) in [7, 11) is -3.62. The number of nitrogens with one attached hydrogen (secondary N) is 1. The first kappa shape index (κ1) is 22.4. The van der Waals surface area contributed by atoms with Crippen LogP contribution in [-0.4, -0.2) is 37.0 Å². The Morgan fingerprint density at radius 2 is 1.75 bits per heavy atom. The minimum absolute atomic E-state index is 0.188. The van der Waals surface area contributed by atoms with Crippen LogP contribution < -0.4 is 5.32 Å². The first-order valence-corrected chi connectivity index (χ1v) is 11.3. The maximum atomic E-state index is 13.0. The van der Waals surface area contributed by atoms with E-state index in [9.17, 15) is 17.6 Å². The molecular formula is C20H25FN2O3S2. The van der Waals surface area contributed by atoms with Crippen molar-refractivity contribution in [3.05, 3.63) is 53.8 Å². The molecule has 1 N–H and O–H groups in total. The second-order valence-corrected chi connectivity index (χ2v) is 9.59. The summed E-state index contributed by atoms with van der Waals surface area (Å²) in [6.45, 7) is 7.80. The van der Waals surface area contributed by atoms with Crippen molar-refractivity contribution in [1.29, 1.82) is 0 Å². The molecule has 8 heteroatoms. The topological polar surface area (TPSA) is 66.5 Å². The molecule has 1 unspecified atom stereocenters. The maximum Gasteiger partial charge on any atom is 0.243 e. The Balaban J connectivity index is 2.17. The smallest absolute Gasteiger partial charge is 0.243 e. The molecule has 0 saturated heterocycles. The van der Waals surface area contributed by atoms with Gasteiger partial charge in [0.15, 0.2) is 0 Å². The summed E-state index contributed by atoms with van der Waals surface area (Å²) in [5, 5.41) is 2.34. The Kier molecular flexibility index (Phi) is 7.63. The molecule has 152 valence electrons. The Bertz CT molecular complexity index is 927. The van der Waals surface area contributed by atoms with Gasteiger partial charge in [-0.05, 0) is 55.8 Å². The van der Waals surface area contributed by atoms with E-state index >= 15 is 0 Å². The van der Waals surface area contributed by atoms with Crippen molar-refractivity contribution in [3.63, 3.8) is 0 Å². The molecule has 0 spiro atoms. The van der Waals surface area contributed by atoms with Crippen LogP contribution in [0.1, 0.15) is 26.3 Å². The van der Waals surface area contributed by atoms with Gasteiger partial charge in [0.1, 0.15) is 5.82 Å². The number of hydrogen-bond donors (Lipinski definition) is 1. The number of rotatable bonds is 8. The van der Waals surface area contributed by atoms with Crippen LogP contribution in [-0.2, 0) is 14.8 Å². The highest BCUT2D eigenvalue weighted by atomic mass is 32.2. The Labute approximate surface area is 170 Å². The number of amides is 1. The van der Waals surface area contributed by atoms with Crippen molar-refractivity contribution >= 4 is 33.4 Å². The summed E-state index contributed by atoms with van der Waals surface area (Å²) in [5.74, 6) is -0.590. The van der Waals surface area contributed by atoms with Gasteiger partial charge < -0.3 is 5.32 Å². The maximum absolute atomic E-state index is 13.0. The molecule has 0 heterocycles.